The van der Waals surface area contributed by atoms with Gasteiger partial charge in [0.15, 0.2) is 5.82 Å². The van der Waals surface area contributed by atoms with Crippen LogP contribution in [-0.4, -0.2) is 46.4 Å². The Labute approximate surface area is 173 Å². The first-order chi connectivity index (χ1) is 14.7. The molecule has 2 N–H and O–H groups in total. The van der Waals surface area contributed by atoms with Gasteiger partial charge in [0.2, 0.25) is 5.91 Å². The highest BCUT2D eigenvalue weighted by atomic mass is 16.5. The topological polar surface area (TPSA) is 119 Å². The maximum absolute atomic E-state index is 12.3. The van der Waals surface area contributed by atoms with Crippen molar-refractivity contribution in [1.82, 2.24) is 25.5 Å². The Morgan fingerprint density at radius 3 is 2.63 bits per heavy atom. The van der Waals surface area contributed by atoms with Gasteiger partial charge in [-0.25, -0.2) is 0 Å². The lowest BCUT2D eigenvalue weighted by Crippen LogP contribution is -2.25. The van der Waals surface area contributed by atoms with Crippen LogP contribution in [0.5, 0.6) is 5.75 Å². The maximum atomic E-state index is 12.3. The second kappa shape index (κ2) is 10.8. The zero-order valence-corrected chi connectivity index (χ0v) is 16.6. The van der Waals surface area contributed by atoms with Crippen molar-refractivity contribution in [1.29, 1.82) is 0 Å². The smallest absolute Gasteiger partial charge is 0.273 e. The molecule has 3 aromatic rings. The summed E-state index contributed by atoms with van der Waals surface area (Å²) in [6.07, 6.45) is 2.00. The predicted molar refractivity (Wildman–Crippen MR) is 110 cm³/mol. The van der Waals surface area contributed by atoms with Crippen LogP contribution in [0.1, 0.15) is 17.8 Å². The second-order valence-electron chi connectivity index (χ2n) is 6.41. The van der Waals surface area contributed by atoms with Crippen LogP contribution in [0.4, 0.5) is 0 Å². The second-order valence-corrected chi connectivity index (χ2v) is 6.41. The van der Waals surface area contributed by atoms with Crippen molar-refractivity contribution in [3.8, 4) is 17.1 Å². The lowest BCUT2D eigenvalue weighted by Gasteiger charge is -2.07. The molecule has 0 radical (unpaired) electrons. The first-order valence-electron chi connectivity index (χ1n) is 9.50. The molecule has 0 spiro atoms. The molecule has 0 saturated carbocycles. The Morgan fingerprint density at radius 1 is 1.10 bits per heavy atom. The fourth-order valence-electron chi connectivity index (χ4n) is 2.62. The number of hydrogen-bond acceptors (Lipinski definition) is 7. The molecular formula is C21H23N5O4. The predicted octanol–water partition coefficient (Wildman–Crippen LogP) is 1.50. The standard InChI is InChI=1S/C21H23N5O4/c1-29-12-13-30-17-7-5-15(6-8-17)20-24-21(28)18(25-26-20)9-10-19(27)23-14-16-4-2-3-11-22-16/h2-8,11H,9-10,12-14H2,1H3,(H,23,27)(H,24,26,28). The zero-order valence-electron chi connectivity index (χ0n) is 16.6. The van der Waals surface area contributed by atoms with Crippen molar-refractivity contribution >= 4 is 5.91 Å². The van der Waals surface area contributed by atoms with Crippen molar-refractivity contribution in [3.05, 3.63) is 70.4 Å². The van der Waals surface area contributed by atoms with Crippen LogP contribution in [0, 0.1) is 0 Å². The molecule has 2 heterocycles. The maximum Gasteiger partial charge on any atom is 0.273 e. The summed E-state index contributed by atoms with van der Waals surface area (Å²) in [7, 11) is 1.61. The normalized spacial score (nSPS) is 10.6. The van der Waals surface area contributed by atoms with E-state index in [1.165, 1.54) is 0 Å². The molecule has 0 aliphatic carbocycles. The summed E-state index contributed by atoms with van der Waals surface area (Å²) in [6, 6.07) is 12.6. The molecule has 0 fully saturated rings. The van der Waals surface area contributed by atoms with Crippen LogP contribution in [0.2, 0.25) is 0 Å². The molecule has 9 nitrogen and oxygen atoms in total. The Balaban J connectivity index is 1.53. The van der Waals surface area contributed by atoms with Crippen LogP contribution >= 0.6 is 0 Å². The number of H-pyrrole nitrogens is 1. The summed E-state index contributed by atoms with van der Waals surface area (Å²) in [4.78, 5) is 31.2. The minimum Gasteiger partial charge on any atom is -0.491 e. The van der Waals surface area contributed by atoms with E-state index in [1.807, 2.05) is 18.2 Å². The summed E-state index contributed by atoms with van der Waals surface area (Å²) in [5.74, 6) is 0.862. The SMILES string of the molecule is COCCOc1ccc(-c2nnc(CCC(=O)NCc3ccccn3)c(=O)[nH]2)cc1. The number of hydrogen-bond donors (Lipinski definition) is 2. The number of carbonyl (C=O) groups excluding carboxylic acids is 1. The van der Waals surface area contributed by atoms with Crippen LogP contribution < -0.4 is 15.6 Å². The lowest BCUT2D eigenvalue weighted by molar-refractivity contribution is -0.121. The molecule has 1 aromatic carbocycles. The van der Waals surface area contributed by atoms with Crippen molar-refractivity contribution in [2.75, 3.05) is 20.3 Å². The van der Waals surface area contributed by atoms with Crippen LogP contribution in [-0.2, 0) is 22.5 Å². The summed E-state index contributed by atoms with van der Waals surface area (Å²) in [5.41, 5.74) is 1.32. The van der Waals surface area contributed by atoms with Gasteiger partial charge in [0, 0.05) is 31.7 Å². The monoisotopic (exact) mass is 409 g/mol. The molecule has 0 saturated heterocycles. The zero-order chi connectivity index (χ0) is 21.2. The van der Waals surface area contributed by atoms with E-state index in [4.69, 9.17) is 9.47 Å². The lowest BCUT2D eigenvalue weighted by atomic mass is 10.2. The number of methoxy groups -OCH3 is 1. The number of aromatic amines is 1. The van der Waals surface area contributed by atoms with Gasteiger partial charge in [-0.1, -0.05) is 6.07 Å². The third kappa shape index (κ3) is 6.21. The fraction of sp³-hybridized carbons (Fsp3) is 0.286. The van der Waals surface area contributed by atoms with Gasteiger partial charge in [-0.15, -0.1) is 10.2 Å². The van der Waals surface area contributed by atoms with E-state index in [2.05, 4.69) is 25.5 Å². The van der Waals surface area contributed by atoms with E-state index in [9.17, 15) is 9.59 Å². The molecule has 156 valence electrons. The molecule has 0 aliphatic rings. The largest absolute Gasteiger partial charge is 0.491 e. The van der Waals surface area contributed by atoms with E-state index in [-0.39, 0.29) is 30.0 Å². The summed E-state index contributed by atoms with van der Waals surface area (Å²) in [5, 5.41) is 10.8. The van der Waals surface area contributed by atoms with E-state index < -0.39 is 0 Å². The van der Waals surface area contributed by atoms with Crippen molar-refractivity contribution in [2.45, 2.75) is 19.4 Å². The first-order valence-corrected chi connectivity index (χ1v) is 9.50. The molecule has 0 bridgehead atoms. The number of nitrogens with zero attached hydrogens (tertiary/aromatic N) is 3. The van der Waals surface area contributed by atoms with Gasteiger partial charge in [0.25, 0.3) is 5.56 Å². The Hall–Kier alpha value is -3.59. The third-order valence-electron chi connectivity index (χ3n) is 4.23. The fourth-order valence-corrected chi connectivity index (χ4v) is 2.62. The Kier molecular flexibility index (Phi) is 7.62. The van der Waals surface area contributed by atoms with Gasteiger partial charge >= 0.3 is 0 Å². The molecule has 0 atom stereocenters. The Bertz CT molecular complexity index is 1010. The number of carbonyl (C=O) groups is 1. The highest BCUT2D eigenvalue weighted by molar-refractivity contribution is 5.76. The van der Waals surface area contributed by atoms with Gasteiger partial charge in [-0.3, -0.25) is 14.6 Å². The molecule has 30 heavy (non-hydrogen) atoms. The van der Waals surface area contributed by atoms with Gasteiger partial charge in [-0.05, 0) is 36.4 Å². The number of ether oxygens (including phenoxy) is 2. The number of rotatable bonds is 10. The minimum atomic E-state index is -0.363. The molecule has 0 aliphatic heterocycles. The average molecular weight is 409 g/mol. The number of pyridine rings is 1. The van der Waals surface area contributed by atoms with E-state index >= 15 is 0 Å². The van der Waals surface area contributed by atoms with Crippen molar-refractivity contribution < 1.29 is 14.3 Å². The quantitative estimate of drug-likeness (QED) is 0.487. The Morgan fingerprint density at radius 2 is 1.93 bits per heavy atom. The van der Waals surface area contributed by atoms with Gasteiger partial charge in [-0.2, -0.15) is 0 Å². The molecule has 9 heteroatoms. The van der Waals surface area contributed by atoms with E-state index in [0.29, 0.717) is 36.9 Å². The van der Waals surface area contributed by atoms with E-state index in [0.717, 1.165) is 5.69 Å². The number of amides is 1. The van der Waals surface area contributed by atoms with Gasteiger partial charge in [0.05, 0.1) is 18.8 Å². The highest BCUT2D eigenvalue weighted by Crippen LogP contribution is 2.18. The summed E-state index contributed by atoms with van der Waals surface area (Å²) in [6.45, 7) is 1.30. The average Bonchev–Trinajstić information content (AvgIpc) is 2.78. The summed E-state index contributed by atoms with van der Waals surface area (Å²) >= 11 is 0. The van der Waals surface area contributed by atoms with Crippen LogP contribution in [0.25, 0.3) is 11.4 Å². The first kappa shape index (κ1) is 21.1. The van der Waals surface area contributed by atoms with Gasteiger partial charge in [0.1, 0.15) is 18.1 Å². The number of nitrogens with one attached hydrogen (secondary N) is 2. The molecule has 0 unspecified atom stereocenters. The molecule has 2 aromatic heterocycles. The van der Waals surface area contributed by atoms with Crippen molar-refractivity contribution in [3.63, 3.8) is 0 Å². The number of aryl methyl sites for hydroxylation is 1. The number of aromatic nitrogens is 4. The highest BCUT2D eigenvalue weighted by Gasteiger charge is 2.10. The third-order valence-corrected chi connectivity index (χ3v) is 4.23. The molecule has 1 amide bonds. The van der Waals surface area contributed by atoms with E-state index in [1.54, 1.807) is 37.6 Å². The van der Waals surface area contributed by atoms with Crippen LogP contribution in [0.3, 0.4) is 0 Å². The molecular weight excluding hydrogens is 386 g/mol. The molecule has 3 rings (SSSR count). The van der Waals surface area contributed by atoms with Crippen LogP contribution in [0.15, 0.2) is 53.5 Å². The summed E-state index contributed by atoms with van der Waals surface area (Å²) < 4.78 is 10.4. The number of benzene rings is 1. The minimum absolute atomic E-state index is 0.136. The van der Waals surface area contributed by atoms with Gasteiger partial charge < -0.3 is 19.8 Å². The van der Waals surface area contributed by atoms with Crippen molar-refractivity contribution in [2.24, 2.45) is 0 Å².